The van der Waals surface area contributed by atoms with Crippen molar-refractivity contribution in [3.05, 3.63) is 35.9 Å². The average Bonchev–Trinajstić information content (AvgIpc) is 3.21. The maximum absolute atomic E-state index is 12.6. The van der Waals surface area contributed by atoms with Gasteiger partial charge < -0.3 is 15.3 Å². The maximum atomic E-state index is 12.6. The van der Waals surface area contributed by atoms with Crippen molar-refractivity contribution in [2.45, 2.75) is 63.0 Å². The smallest absolute Gasteiger partial charge is 0.317 e. The van der Waals surface area contributed by atoms with Crippen LogP contribution >= 0.6 is 0 Å². The lowest BCUT2D eigenvalue weighted by Crippen LogP contribution is -2.56. The molecule has 3 rings (SSSR count). The van der Waals surface area contributed by atoms with Gasteiger partial charge in [0.25, 0.3) is 0 Å². The van der Waals surface area contributed by atoms with E-state index in [-0.39, 0.29) is 11.6 Å². The van der Waals surface area contributed by atoms with Crippen LogP contribution in [0.2, 0.25) is 0 Å². The first kappa shape index (κ1) is 20.2. The largest absolute Gasteiger partial charge is 0.388 e. The van der Waals surface area contributed by atoms with Gasteiger partial charge in [-0.3, -0.25) is 4.90 Å². The Bertz CT molecular complexity index is 580. The summed E-state index contributed by atoms with van der Waals surface area (Å²) in [6.45, 7) is 3.64. The van der Waals surface area contributed by atoms with Crippen molar-refractivity contribution in [1.29, 1.82) is 0 Å². The van der Waals surface area contributed by atoms with Gasteiger partial charge in [0.2, 0.25) is 0 Å². The fraction of sp³-hybridized carbons (Fsp3) is 0.682. The number of likely N-dealkylation sites (tertiary alicyclic amines) is 1. The van der Waals surface area contributed by atoms with E-state index in [1.54, 1.807) is 4.90 Å². The van der Waals surface area contributed by atoms with Crippen LogP contribution in [0.25, 0.3) is 0 Å². The van der Waals surface area contributed by atoms with Crippen LogP contribution < -0.4 is 5.32 Å². The second kappa shape index (κ2) is 9.56. The lowest BCUT2D eigenvalue weighted by atomic mass is 9.92. The molecule has 0 aromatic heterocycles. The van der Waals surface area contributed by atoms with Gasteiger partial charge in [-0.15, -0.1) is 0 Å². The Morgan fingerprint density at radius 3 is 2.48 bits per heavy atom. The number of nitrogens with zero attached hydrogens (tertiary/aromatic N) is 2. The van der Waals surface area contributed by atoms with Crippen molar-refractivity contribution in [2.24, 2.45) is 0 Å². The number of hydrogen-bond donors (Lipinski definition) is 2. The number of aliphatic hydroxyl groups is 1. The van der Waals surface area contributed by atoms with Crippen molar-refractivity contribution in [3.63, 3.8) is 0 Å². The van der Waals surface area contributed by atoms with Crippen molar-refractivity contribution in [1.82, 2.24) is 15.1 Å². The van der Waals surface area contributed by atoms with Crippen LogP contribution in [0.15, 0.2) is 30.3 Å². The van der Waals surface area contributed by atoms with E-state index in [4.69, 9.17) is 0 Å². The number of hydrogen-bond acceptors (Lipinski definition) is 3. The fourth-order valence-electron chi connectivity index (χ4n) is 4.64. The molecule has 2 aliphatic rings. The Kier molecular flexibility index (Phi) is 7.13. The number of piperidine rings is 1. The van der Waals surface area contributed by atoms with E-state index >= 15 is 0 Å². The second-order valence-electron chi connectivity index (χ2n) is 8.27. The first-order valence-electron chi connectivity index (χ1n) is 10.6. The number of benzene rings is 1. The van der Waals surface area contributed by atoms with Crippen LogP contribution in [0.4, 0.5) is 4.79 Å². The zero-order chi connectivity index (χ0) is 19.1. The molecule has 1 aromatic carbocycles. The van der Waals surface area contributed by atoms with Gasteiger partial charge in [-0.25, -0.2) is 4.79 Å². The van der Waals surface area contributed by atoms with Crippen LogP contribution in [0.1, 0.15) is 63.0 Å². The highest BCUT2D eigenvalue weighted by Gasteiger charge is 2.40. The summed E-state index contributed by atoms with van der Waals surface area (Å²) in [4.78, 5) is 16.9. The molecule has 1 heterocycles. The van der Waals surface area contributed by atoms with E-state index in [2.05, 4.69) is 10.2 Å². The van der Waals surface area contributed by atoms with Gasteiger partial charge in [0.05, 0.1) is 6.10 Å². The van der Waals surface area contributed by atoms with Crippen LogP contribution in [0.5, 0.6) is 0 Å². The Morgan fingerprint density at radius 1 is 1.15 bits per heavy atom. The number of amides is 2. The summed E-state index contributed by atoms with van der Waals surface area (Å²) in [5.74, 6) is 0. The zero-order valence-electron chi connectivity index (χ0n) is 16.7. The topological polar surface area (TPSA) is 55.8 Å². The summed E-state index contributed by atoms with van der Waals surface area (Å²) >= 11 is 0. The number of carbonyl (C=O) groups excluding carboxylic acids is 1. The Balaban J connectivity index is 1.47. The van der Waals surface area contributed by atoms with Gasteiger partial charge in [0.1, 0.15) is 0 Å². The van der Waals surface area contributed by atoms with Gasteiger partial charge in [0.15, 0.2) is 0 Å². The Labute approximate surface area is 163 Å². The van der Waals surface area contributed by atoms with E-state index in [1.165, 1.54) is 58.0 Å². The molecule has 0 spiro atoms. The summed E-state index contributed by atoms with van der Waals surface area (Å²) in [7, 11) is 1.81. The standard InChI is InChI=1S/C22H35N3O2/c1-24(17-12-20(26)19-10-4-2-5-11-19)21(27)23-18-22(13-6-7-14-22)25-15-8-3-9-16-25/h2,4-5,10-11,20,26H,3,6-9,12-18H2,1H3,(H,23,27). The molecule has 1 saturated carbocycles. The summed E-state index contributed by atoms with van der Waals surface area (Å²) in [5, 5.41) is 13.5. The minimum Gasteiger partial charge on any atom is -0.388 e. The number of nitrogens with one attached hydrogen (secondary N) is 1. The number of urea groups is 1. The summed E-state index contributed by atoms with van der Waals surface area (Å²) in [6.07, 6.45) is 8.86. The van der Waals surface area contributed by atoms with Gasteiger partial charge >= 0.3 is 6.03 Å². The van der Waals surface area contributed by atoms with Gasteiger partial charge in [-0.2, -0.15) is 0 Å². The predicted octanol–water partition coefficient (Wildman–Crippen LogP) is 3.55. The molecular formula is C22H35N3O2. The van der Waals surface area contributed by atoms with Crippen LogP contribution in [-0.2, 0) is 0 Å². The first-order chi connectivity index (χ1) is 13.1. The minimum atomic E-state index is -0.532. The molecule has 1 aliphatic heterocycles. The lowest BCUT2D eigenvalue weighted by molar-refractivity contribution is 0.0701. The van der Waals surface area contributed by atoms with E-state index < -0.39 is 6.10 Å². The van der Waals surface area contributed by atoms with E-state index in [9.17, 15) is 9.90 Å². The fourth-order valence-corrected chi connectivity index (χ4v) is 4.64. The molecular weight excluding hydrogens is 338 g/mol. The highest BCUT2D eigenvalue weighted by molar-refractivity contribution is 5.73. The molecule has 2 amide bonds. The molecule has 0 radical (unpaired) electrons. The highest BCUT2D eigenvalue weighted by atomic mass is 16.3. The molecule has 0 bridgehead atoms. The molecule has 2 fully saturated rings. The number of aliphatic hydroxyl groups excluding tert-OH is 1. The van der Waals surface area contributed by atoms with Crippen LogP contribution in [-0.4, -0.2) is 59.7 Å². The van der Waals surface area contributed by atoms with Crippen molar-refractivity contribution >= 4 is 6.03 Å². The van der Waals surface area contributed by atoms with Crippen molar-refractivity contribution in [3.8, 4) is 0 Å². The van der Waals surface area contributed by atoms with Crippen molar-refractivity contribution < 1.29 is 9.90 Å². The molecule has 1 unspecified atom stereocenters. The third-order valence-electron chi connectivity index (χ3n) is 6.40. The van der Waals surface area contributed by atoms with Crippen LogP contribution in [0.3, 0.4) is 0 Å². The molecule has 150 valence electrons. The zero-order valence-corrected chi connectivity index (χ0v) is 16.7. The molecule has 1 saturated heterocycles. The molecule has 5 heteroatoms. The van der Waals surface area contributed by atoms with Crippen LogP contribution in [0, 0.1) is 0 Å². The molecule has 1 aliphatic carbocycles. The normalized spacial score (nSPS) is 21.0. The van der Waals surface area contributed by atoms with E-state index in [0.717, 1.165) is 12.1 Å². The molecule has 27 heavy (non-hydrogen) atoms. The number of rotatable bonds is 7. The SMILES string of the molecule is CN(CCC(O)c1ccccc1)C(=O)NCC1(N2CCCCC2)CCCC1. The van der Waals surface area contributed by atoms with Crippen molar-refractivity contribution in [2.75, 3.05) is 33.2 Å². The quantitative estimate of drug-likeness (QED) is 0.768. The highest BCUT2D eigenvalue weighted by Crippen LogP contribution is 2.36. The second-order valence-corrected chi connectivity index (χ2v) is 8.27. The van der Waals surface area contributed by atoms with E-state index in [0.29, 0.717) is 13.0 Å². The van der Waals surface area contributed by atoms with Gasteiger partial charge in [-0.05, 0) is 50.8 Å². The molecule has 2 N–H and O–H groups in total. The summed E-state index contributed by atoms with van der Waals surface area (Å²) in [5.41, 5.74) is 1.07. The summed E-state index contributed by atoms with van der Waals surface area (Å²) < 4.78 is 0. The molecule has 5 nitrogen and oxygen atoms in total. The summed E-state index contributed by atoms with van der Waals surface area (Å²) in [6, 6.07) is 9.61. The predicted molar refractivity (Wildman–Crippen MR) is 109 cm³/mol. The first-order valence-corrected chi connectivity index (χ1v) is 10.6. The monoisotopic (exact) mass is 373 g/mol. The maximum Gasteiger partial charge on any atom is 0.317 e. The van der Waals surface area contributed by atoms with Gasteiger partial charge in [-0.1, -0.05) is 49.6 Å². The number of carbonyl (C=O) groups is 1. The Morgan fingerprint density at radius 2 is 1.81 bits per heavy atom. The van der Waals surface area contributed by atoms with Gasteiger partial charge in [0, 0.05) is 25.7 Å². The molecule has 1 aromatic rings. The Hall–Kier alpha value is -1.59. The lowest BCUT2D eigenvalue weighted by Gasteiger charge is -2.44. The average molecular weight is 374 g/mol. The molecule has 1 atom stereocenters. The third-order valence-corrected chi connectivity index (χ3v) is 6.40. The van der Waals surface area contributed by atoms with E-state index in [1.807, 2.05) is 37.4 Å². The minimum absolute atomic E-state index is 0.0291. The third kappa shape index (κ3) is 5.23.